The zero-order chi connectivity index (χ0) is 14.3. The third-order valence-electron chi connectivity index (χ3n) is 3.49. The van der Waals surface area contributed by atoms with Crippen LogP contribution in [0.2, 0.25) is 0 Å². The first kappa shape index (κ1) is 16.0. The lowest BCUT2D eigenvalue weighted by atomic mass is 10.0. The van der Waals surface area contributed by atoms with Gasteiger partial charge in [0.2, 0.25) is 0 Å². The van der Waals surface area contributed by atoms with E-state index < -0.39 is 0 Å². The minimum Gasteiger partial charge on any atom is -0.497 e. The Labute approximate surface area is 116 Å². The summed E-state index contributed by atoms with van der Waals surface area (Å²) in [4.78, 5) is 2.28. The molecule has 0 aliphatic carbocycles. The number of nitrogens with two attached hydrogens (primary N) is 1. The number of benzene rings is 1. The Hall–Kier alpha value is -1.10. The Bertz CT molecular complexity index is 354. The van der Waals surface area contributed by atoms with Gasteiger partial charge in [0, 0.05) is 26.2 Å². The smallest absolute Gasteiger partial charge is 0.118 e. The lowest BCUT2D eigenvalue weighted by Gasteiger charge is -2.31. The van der Waals surface area contributed by atoms with E-state index in [-0.39, 0.29) is 0 Å². The predicted octanol–water partition coefficient (Wildman–Crippen LogP) is 1.74. The average molecular weight is 266 g/mol. The summed E-state index contributed by atoms with van der Waals surface area (Å²) in [6.07, 6.45) is 0. The molecule has 2 atom stereocenters. The van der Waals surface area contributed by atoms with Crippen molar-refractivity contribution in [3.8, 4) is 5.75 Å². The molecule has 2 unspecified atom stereocenters. The van der Waals surface area contributed by atoms with Crippen molar-refractivity contribution in [2.24, 2.45) is 11.7 Å². The van der Waals surface area contributed by atoms with Crippen LogP contribution in [0, 0.1) is 5.92 Å². The summed E-state index contributed by atoms with van der Waals surface area (Å²) in [7, 11) is 5.51. The molecule has 0 heterocycles. The Balaban J connectivity index is 2.62. The third kappa shape index (κ3) is 4.82. The highest BCUT2D eigenvalue weighted by Gasteiger charge is 2.20. The zero-order valence-electron chi connectivity index (χ0n) is 12.4. The largest absolute Gasteiger partial charge is 0.497 e. The van der Waals surface area contributed by atoms with Crippen LogP contribution in [0.1, 0.15) is 12.5 Å². The summed E-state index contributed by atoms with van der Waals surface area (Å²) in [5.41, 5.74) is 7.14. The van der Waals surface area contributed by atoms with Gasteiger partial charge < -0.3 is 15.2 Å². The van der Waals surface area contributed by atoms with E-state index in [4.69, 9.17) is 15.2 Å². The Morgan fingerprint density at radius 1 is 1.21 bits per heavy atom. The van der Waals surface area contributed by atoms with E-state index in [1.165, 1.54) is 5.56 Å². The summed E-state index contributed by atoms with van der Waals surface area (Å²) in [5.74, 6) is 1.30. The molecule has 1 aromatic rings. The standard InChI is InChI=1S/C15H26N2O2/c1-12(11-18-3)15(9-16)17(2)10-13-5-7-14(19-4)8-6-13/h5-8,12,15H,9-11,16H2,1-4H3. The highest BCUT2D eigenvalue weighted by atomic mass is 16.5. The number of hydrogen-bond donors (Lipinski definition) is 1. The molecule has 2 N–H and O–H groups in total. The first-order valence-corrected chi connectivity index (χ1v) is 6.64. The molecule has 0 bridgehead atoms. The number of ether oxygens (including phenoxy) is 2. The van der Waals surface area contributed by atoms with Crippen LogP contribution in [0.4, 0.5) is 0 Å². The second kappa shape index (κ2) is 8.15. The first-order valence-electron chi connectivity index (χ1n) is 6.64. The molecule has 0 fully saturated rings. The molecule has 1 rings (SSSR count). The minimum atomic E-state index is 0.321. The van der Waals surface area contributed by atoms with Gasteiger partial charge in [0.15, 0.2) is 0 Å². The molecule has 0 spiro atoms. The Morgan fingerprint density at radius 2 is 1.84 bits per heavy atom. The molecule has 0 radical (unpaired) electrons. The van der Waals surface area contributed by atoms with Crippen LogP contribution in [0.3, 0.4) is 0 Å². The number of hydrogen-bond acceptors (Lipinski definition) is 4. The van der Waals surface area contributed by atoms with Gasteiger partial charge in [0.25, 0.3) is 0 Å². The SMILES string of the molecule is COCC(C)C(CN)N(C)Cc1ccc(OC)cc1. The van der Waals surface area contributed by atoms with Crippen LogP contribution < -0.4 is 10.5 Å². The molecule has 4 heteroatoms. The molecule has 0 aromatic heterocycles. The number of nitrogens with zero attached hydrogens (tertiary/aromatic N) is 1. The summed E-state index contributed by atoms with van der Waals surface area (Å²) in [6.45, 7) is 4.41. The van der Waals surface area contributed by atoms with Crippen LogP contribution in [-0.4, -0.2) is 45.4 Å². The van der Waals surface area contributed by atoms with Crippen LogP contribution in [0.5, 0.6) is 5.75 Å². The predicted molar refractivity (Wildman–Crippen MR) is 78.3 cm³/mol. The van der Waals surface area contributed by atoms with Gasteiger partial charge in [-0.3, -0.25) is 4.90 Å². The van der Waals surface area contributed by atoms with Gasteiger partial charge in [-0.25, -0.2) is 0 Å². The van der Waals surface area contributed by atoms with Crippen molar-refractivity contribution in [2.75, 3.05) is 34.4 Å². The monoisotopic (exact) mass is 266 g/mol. The number of rotatable bonds is 8. The first-order chi connectivity index (χ1) is 9.12. The van der Waals surface area contributed by atoms with Crippen molar-refractivity contribution in [1.29, 1.82) is 0 Å². The lowest BCUT2D eigenvalue weighted by Crippen LogP contribution is -2.43. The molecule has 0 aliphatic rings. The highest BCUT2D eigenvalue weighted by molar-refractivity contribution is 5.27. The second-order valence-electron chi connectivity index (χ2n) is 5.00. The third-order valence-corrected chi connectivity index (χ3v) is 3.49. The van der Waals surface area contributed by atoms with Crippen LogP contribution in [0.15, 0.2) is 24.3 Å². The van der Waals surface area contributed by atoms with Crippen molar-refractivity contribution in [3.63, 3.8) is 0 Å². The number of likely N-dealkylation sites (N-methyl/N-ethyl adjacent to an activating group) is 1. The van der Waals surface area contributed by atoms with Gasteiger partial charge in [0.1, 0.15) is 5.75 Å². The normalized spacial score (nSPS) is 14.4. The minimum absolute atomic E-state index is 0.321. The van der Waals surface area contributed by atoms with E-state index in [1.54, 1.807) is 14.2 Å². The Morgan fingerprint density at radius 3 is 2.32 bits per heavy atom. The van der Waals surface area contributed by atoms with Crippen LogP contribution in [-0.2, 0) is 11.3 Å². The van der Waals surface area contributed by atoms with Crippen molar-refractivity contribution in [1.82, 2.24) is 4.90 Å². The molecular weight excluding hydrogens is 240 g/mol. The second-order valence-corrected chi connectivity index (χ2v) is 5.00. The fraction of sp³-hybridized carbons (Fsp3) is 0.600. The summed E-state index contributed by atoms with van der Waals surface area (Å²) in [5, 5.41) is 0. The molecule has 108 valence electrons. The van der Waals surface area contributed by atoms with Gasteiger partial charge in [0.05, 0.1) is 13.7 Å². The summed E-state index contributed by atoms with van der Waals surface area (Å²) in [6, 6.07) is 8.47. The van der Waals surface area contributed by atoms with Gasteiger partial charge in [-0.05, 0) is 30.7 Å². The van der Waals surface area contributed by atoms with Gasteiger partial charge in [-0.2, -0.15) is 0 Å². The van der Waals surface area contributed by atoms with Crippen LogP contribution in [0.25, 0.3) is 0 Å². The average Bonchev–Trinajstić information content (AvgIpc) is 2.40. The topological polar surface area (TPSA) is 47.7 Å². The molecule has 0 aliphatic heterocycles. The fourth-order valence-electron chi connectivity index (χ4n) is 2.36. The van der Waals surface area contributed by atoms with E-state index in [0.717, 1.165) is 18.9 Å². The zero-order valence-corrected chi connectivity index (χ0v) is 12.4. The highest BCUT2D eigenvalue weighted by Crippen LogP contribution is 2.16. The lowest BCUT2D eigenvalue weighted by molar-refractivity contribution is 0.0953. The quantitative estimate of drug-likeness (QED) is 0.778. The van der Waals surface area contributed by atoms with Gasteiger partial charge in [-0.15, -0.1) is 0 Å². The van der Waals surface area contributed by atoms with E-state index in [0.29, 0.717) is 18.5 Å². The molecule has 19 heavy (non-hydrogen) atoms. The fourth-order valence-corrected chi connectivity index (χ4v) is 2.36. The van der Waals surface area contributed by atoms with Crippen LogP contribution >= 0.6 is 0 Å². The molecular formula is C15H26N2O2. The van der Waals surface area contributed by atoms with Crippen molar-refractivity contribution in [2.45, 2.75) is 19.5 Å². The molecule has 1 aromatic carbocycles. The van der Waals surface area contributed by atoms with Crippen molar-refractivity contribution >= 4 is 0 Å². The van der Waals surface area contributed by atoms with E-state index in [2.05, 4.69) is 31.0 Å². The van der Waals surface area contributed by atoms with E-state index in [1.807, 2.05) is 12.1 Å². The summed E-state index contributed by atoms with van der Waals surface area (Å²) >= 11 is 0. The maximum atomic E-state index is 5.89. The van der Waals surface area contributed by atoms with E-state index in [9.17, 15) is 0 Å². The molecule has 0 amide bonds. The maximum Gasteiger partial charge on any atom is 0.118 e. The number of methoxy groups -OCH3 is 2. The summed E-state index contributed by atoms with van der Waals surface area (Å²) < 4.78 is 10.4. The van der Waals surface area contributed by atoms with Crippen molar-refractivity contribution in [3.05, 3.63) is 29.8 Å². The molecule has 0 saturated carbocycles. The molecule has 4 nitrogen and oxygen atoms in total. The Kier molecular flexibility index (Phi) is 6.84. The van der Waals surface area contributed by atoms with Gasteiger partial charge >= 0.3 is 0 Å². The van der Waals surface area contributed by atoms with E-state index >= 15 is 0 Å². The van der Waals surface area contributed by atoms with Gasteiger partial charge in [-0.1, -0.05) is 19.1 Å². The maximum absolute atomic E-state index is 5.89. The van der Waals surface area contributed by atoms with Crippen molar-refractivity contribution < 1.29 is 9.47 Å². The molecule has 0 saturated heterocycles.